The van der Waals surface area contributed by atoms with E-state index in [0.29, 0.717) is 11.1 Å². The highest BCUT2D eigenvalue weighted by Crippen LogP contribution is 2.51. The van der Waals surface area contributed by atoms with Gasteiger partial charge in [0.15, 0.2) is 0 Å². The molecule has 2 N–H and O–H groups in total. The van der Waals surface area contributed by atoms with Crippen molar-refractivity contribution >= 4 is 32.9 Å². The Hall–Kier alpha value is -3.79. The van der Waals surface area contributed by atoms with Crippen LogP contribution in [0.5, 0.6) is 0 Å². The number of methoxy groups -OCH3 is 1. The van der Waals surface area contributed by atoms with Gasteiger partial charge in [-0.2, -0.15) is 0 Å². The highest BCUT2D eigenvalue weighted by Gasteiger charge is 2.47. The second kappa shape index (κ2) is 12.5. The molecular weight excluding hydrogens is 632 g/mol. The number of rotatable bonds is 9. The van der Waals surface area contributed by atoms with E-state index in [2.05, 4.69) is 57.6 Å². The molecule has 8 heteroatoms. The van der Waals surface area contributed by atoms with E-state index in [1.165, 1.54) is 4.57 Å². The summed E-state index contributed by atoms with van der Waals surface area (Å²) in [7, 11) is 1.57. The molecule has 6 rings (SSSR count). The quantitative estimate of drug-likeness (QED) is 0.123. The van der Waals surface area contributed by atoms with Crippen LogP contribution in [0, 0.1) is 0 Å². The number of benzene rings is 4. The summed E-state index contributed by atoms with van der Waals surface area (Å²) in [6.07, 6.45) is 0.0427. The van der Waals surface area contributed by atoms with Crippen LogP contribution in [0.4, 0.5) is 4.79 Å². The lowest BCUT2D eigenvalue weighted by Gasteiger charge is -2.39. The van der Waals surface area contributed by atoms with Crippen LogP contribution < -0.4 is 5.32 Å². The van der Waals surface area contributed by atoms with Crippen LogP contribution in [0.2, 0.25) is 0 Å². The highest BCUT2D eigenvalue weighted by atomic mass is 79.9. The third-order valence-corrected chi connectivity index (χ3v) is 8.82. The zero-order valence-corrected chi connectivity index (χ0v) is 27.4. The van der Waals surface area contributed by atoms with Gasteiger partial charge in [-0.05, 0) is 60.7 Å². The van der Waals surface area contributed by atoms with Crippen LogP contribution in [-0.2, 0) is 19.7 Å². The Morgan fingerprint density at radius 3 is 2.16 bits per heavy atom. The van der Waals surface area contributed by atoms with Gasteiger partial charge < -0.3 is 19.3 Å². The molecule has 1 heterocycles. The summed E-state index contributed by atoms with van der Waals surface area (Å²) in [5, 5.41) is 17.0. The molecule has 2 atom stereocenters. The van der Waals surface area contributed by atoms with Gasteiger partial charge >= 0.3 is 6.09 Å². The number of aliphatic hydroxyl groups is 1. The summed E-state index contributed by atoms with van der Waals surface area (Å²) in [6.45, 7) is 5.66. The molecule has 45 heavy (non-hydrogen) atoms. The number of aromatic nitrogens is 1. The molecule has 232 valence electrons. The van der Waals surface area contributed by atoms with E-state index in [4.69, 9.17) is 14.2 Å². The summed E-state index contributed by atoms with van der Waals surface area (Å²) in [5.74, 6) is 0. The minimum atomic E-state index is -1.10. The van der Waals surface area contributed by atoms with Gasteiger partial charge in [0.05, 0.1) is 29.8 Å². The fraction of sp³-hybridized carbons (Fsp3) is 0.270. The number of fused-ring (bicyclic) bond motifs is 4. The molecule has 0 radical (unpaired) electrons. The van der Waals surface area contributed by atoms with Crippen molar-refractivity contribution in [1.29, 1.82) is 0 Å². The third-order valence-electron chi connectivity index (χ3n) is 8.16. The Morgan fingerprint density at radius 2 is 1.53 bits per heavy atom. The fourth-order valence-corrected chi connectivity index (χ4v) is 6.98. The van der Waals surface area contributed by atoms with Gasteiger partial charge in [-0.1, -0.05) is 101 Å². The van der Waals surface area contributed by atoms with Gasteiger partial charge in [0.1, 0.15) is 12.4 Å². The maximum Gasteiger partial charge on any atom is 0.419 e. The highest BCUT2D eigenvalue weighted by molar-refractivity contribution is 9.10. The Kier molecular flexibility index (Phi) is 8.70. The molecular formula is C37H37BrN2O5. The largest absolute Gasteiger partial charge is 0.443 e. The van der Waals surface area contributed by atoms with E-state index >= 15 is 0 Å². The van der Waals surface area contributed by atoms with E-state index in [0.717, 1.165) is 37.7 Å². The predicted molar refractivity (Wildman–Crippen MR) is 179 cm³/mol. The SMILES string of the molecule is COCOC[C@H](NC1(c2ccccc2)c2ccccc2-c2ccccc21)[C@H](O)c1cn(C(=O)OC(C)(C)C)c2cccc(Br)c12. The zero-order valence-electron chi connectivity index (χ0n) is 25.8. The van der Waals surface area contributed by atoms with Crippen molar-refractivity contribution < 1.29 is 24.1 Å². The molecule has 0 unspecified atom stereocenters. The maximum absolute atomic E-state index is 13.4. The molecule has 0 spiro atoms. The van der Waals surface area contributed by atoms with Crippen molar-refractivity contribution in [3.8, 4) is 11.1 Å². The molecule has 1 aliphatic carbocycles. The Bertz CT molecular complexity index is 1780. The first-order valence-corrected chi connectivity index (χ1v) is 15.7. The van der Waals surface area contributed by atoms with Crippen molar-refractivity contribution in [3.63, 3.8) is 0 Å². The van der Waals surface area contributed by atoms with Crippen LogP contribution in [0.15, 0.2) is 108 Å². The molecule has 0 bridgehead atoms. The first-order chi connectivity index (χ1) is 21.7. The number of ether oxygens (including phenoxy) is 3. The Morgan fingerprint density at radius 1 is 0.911 bits per heavy atom. The first-order valence-electron chi connectivity index (χ1n) is 15.0. The lowest BCUT2D eigenvalue weighted by atomic mass is 9.79. The number of carbonyl (C=O) groups is 1. The molecule has 0 amide bonds. The monoisotopic (exact) mass is 668 g/mol. The maximum atomic E-state index is 13.4. The van der Waals surface area contributed by atoms with E-state index in [9.17, 15) is 9.90 Å². The summed E-state index contributed by atoms with van der Waals surface area (Å²) in [4.78, 5) is 13.4. The Balaban J connectivity index is 1.52. The molecule has 0 fully saturated rings. The summed E-state index contributed by atoms with van der Waals surface area (Å²) in [6, 6.07) is 32.0. The van der Waals surface area contributed by atoms with Gasteiger partial charge in [0.2, 0.25) is 0 Å². The van der Waals surface area contributed by atoms with Gasteiger partial charge in [0.25, 0.3) is 0 Å². The molecule has 1 aromatic heterocycles. The van der Waals surface area contributed by atoms with Gasteiger partial charge in [-0.25, -0.2) is 4.79 Å². The summed E-state index contributed by atoms with van der Waals surface area (Å²) < 4.78 is 19.1. The zero-order chi connectivity index (χ0) is 31.8. The number of hydrogen-bond acceptors (Lipinski definition) is 6. The number of hydrogen-bond donors (Lipinski definition) is 2. The standard InChI is InChI=1S/C37H37BrN2O5/c1-36(2,3)45-35(42)40-21-27(33-30(38)19-12-20-32(33)40)34(41)31(22-44-23-43-4)39-37(24-13-6-5-7-14-24)28-17-10-8-15-25(28)26-16-9-11-18-29(26)37/h5-21,31,34,39,41H,22-23H2,1-4H3/t31-,34+/m0/s1. The number of nitrogens with one attached hydrogen (secondary N) is 1. The van der Waals surface area contributed by atoms with Crippen molar-refractivity contribution in [1.82, 2.24) is 9.88 Å². The molecule has 0 aliphatic heterocycles. The second-order valence-electron chi connectivity index (χ2n) is 12.2. The van der Waals surface area contributed by atoms with Crippen molar-refractivity contribution in [2.45, 2.75) is 44.1 Å². The average molecular weight is 670 g/mol. The smallest absolute Gasteiger partial charge is 0.419 e. The molecule has 1 aliphatic rings. The number of aliphatic hydroxyl groups excluding tert-OH is 1. The summed E-state index contributed by atoms with van der Waals surface area (Å²) >= 11 is 3.68. The van der Waals surface area contributed by atoms with Crippen LogP contribution in [-0.4, -0.2) is 47.9 Å². The van der Waals surface area contributed by atoms with Gasteiger partial charge in [0, 0.05) is 28.7 Å². The molecule has 0 saturated carbocycles. The number of nitrogens with zero attached hydrogens (tertiary/aromatic N) is 1. The van der Waals surface area contributed by atoms with Crippen LogP contribution >= 0.6 is 15.9 Å². The van der Waals surface area contributed by atoms with E-state index in [1.807, 2.05) is 81.4 Å². The van der Waals surface area contributed by atoms with Crippen molar-refractivity contribution in [3.05, 3.63) is 130 Å². The Labute approximate surface area is 271 Å². The van der Waals surface area contributed by atoms with E-state index in [1.54, 1.807) is 13.3 Å². The topological polar surface area (TPSA) is 82.0 Å². The van der Waals surface area contributed by atoms with Crippen molar-refractivity contribution in [2.24, 2.45) is 0 Å². The fourth-order valence-electron chi connectivity index (χ4n) is 6.40. The predicted octanol–water partition coefficient (Wildman–Crippen LogP) is 7.77. The molecule has 5 aromatic rings. The number of halogens is 1. The third kappa shape index (κ3) is 5.73. The van der Waals surface area contributed by atoms with E-state index in [-0.39, 0.29) is 13.4 Å². The van der Waals surface area contributed by atoms with Crippen LogP contribution in [0.3, 0.4) is 0 Å². The van der Waals surface area contributed by atoms with Crippen LogP contribution in [0.25, 0.3) is 22.0 Å². The normalized spacial score (nSPS) is 15.0. The van der Waals surface area contributed by atoms with Gasteiger partial charge in [-0.15, -0.1) is 0 Å². The molecule has 7 nitrogen and oxygen atoms in total. The van der Waals surface area contributed by atoms with Gasteiger partial charge in [-0.3, -0.25) is 9.88 Å². The lowest BCUT2D eigenvalue weighted by Crippen LogP contribution is -2.52. The van der Waals surface area contributed by atoms with Crippen LogP contribution in [0.1, 0.15) is 49.1 Å². The minimum absolute atomic E-state index is 0.0553. The first kappa shape index (κ1) is 31.2. The molecule has 0 saturated heterocycles. The second-order valence-corrected chi connectivity index (χ2v) is 13.1. The van der Waals surface area contributed by atoms with Crippen molar-refractivity contribution in [2.75, 3.05) is 20.5 Å². The van der Waals surface area contributed by atoms with E-state index < -0.39 is 29.4 Å². The average Bonchev–Trinajstić information content (AvgIpc) is 3.56. The number of carbonyl (C=O) groups excluding carboxylic acids is 1. The summed E-state index contributed by atoms with van der Waals surface area (Å²) in [5.41, 5.74) is 5.13. The minimum Gasteiger partial charge on any atom is -0.443 e. The molecule has 4 aromatic carbocycles. The lowest BCUT2D eigenvalue weighted by molar-refractivity contribution is -0.0537.